The van der Waals surface area contributed by atoms with Crippen molar-refractivity contribution in [1.29, 1.82) is 5.26 Å². The summed E-state index contributed by atoms with van der Waals surface area (Å²) in [6.45, 7) is 11.8. The fourth-order valence-corrected chi connectivity index (χ4v) is 4.96. The molecule has 2 aliphatic carbocycles. The van der Waals surface area contributed by atoms with Crippen molar-refractivity contribution in [3.63, 3.8) is 0 Å². The highest BCUT2D eigenvalue weighted by Crippen LogP contribution is 2.59. The molecule has 0 bridgehead atoms. The van der Waals surface area contributed by atoms with E-state index in [0.29, 0.717) is 11.3 Å². The summed E-state index contributed by atoms with van der Waals surface area (Å²) in [5.41, 5.74) is 0.324. The average molecular weight is 233 g/mol. The van der Waals surface area contributed by atoms with Gasteiger partial charge >= 0.3 is 0 Å². The summed E-state index contributed by atoms with van der Waals surface area (Å²) in [6.07, 6.45) is 5.21. The lowest BCUT2D eigenvalue weighted by molar-refractivity contribution is -0.0737. The van der Waals surface area contributed by atoms with E-state index < -0.39 is 0 Å². The van der Waals surface area contributed by atoms with Gasteiger partial charge in [0.25, 0.3) is 0 Å². The van der Waals surface area contributed by atoms with Crippen LogP contribution in [0.25, 0.3) is 0 Å². The van der Waals surface area contributed by atoms with E-state index in [1.807, 2.05) is 0 Å². The fraction of sp³-hybridized carbons (Fsp3) is 0.938. The molecular formula is C16H27N. The number of hydrogen-bond acceptors (Lipinski definition) is 1. The first-order chi connectivity index (χ1) is 7.82. The van der Waals surface area contributed by atoms with Gasteiger partial charge in [0.1, 0.15) is 0 Å². The zero-order chi connectivity index (χ0) is 12.8. The van der Waals surface area contributed by atoms with Crippen molar-refractivity contribution < 1.29 is 0 Å². The number of rotatable bonds is 0. The lowest BCUT2D eigenvalue weighted by Gasteiger charge is -2.56. The Hall–Kier alpha value is -0.510. The summed E-state index contributed by atoms with van der Waals surface area (Å²) in [7, 11) is 0. The number of hydrogen-bond donors (Lipinski definition) is 0. The highest BCUT2D eigenvalue weighted by molar-refractivity contribution is 5.09. The van der Waals surface area contributed by atoms with Gasteiger partial charge in [0.05, 0.1) is 11.5 Å². The summed E-state index contributed by atoms with van der Waals surface area (Å²) < 4.78 is 0. The van der Waals surface area contributed by atoms with Crippen LogP contribution in [0.3, 0.4) is 0 Å². The van der Waals surface area contributed by atoms with Crippen LogP contribution in [0.15, 0.2) is 0 Å². The molecule has 2 aliphatic rings. The number of fused-ring (bicyclic) bond motifs is 1. The molecular weight excluding hydrogens is 206 g/mol. The molecule has 0 heterocycles. The molecule has 0 saturated heterocycles. The monoisotopic (exact) mass is 233 g/mol. The zero-order valence-electron chi connectivity index (χ0n) is 12.1. The molecule has 5 atom stereocenters. The summed E-state index contributed by atoms with van der Waals surface area (Å²) in [5.74, 6) is 2.87. The Morgan fingerprint density at radius 2 is 1.82 bits per heavy atom. The maximum atomic E-state index is 9.55. The number of nitrogens with zero attached hydrogens (tertiary/aromatic N) is 1. The van der Waals surface area contributed by atoms with E-state index in [-0.39, 0.29) is 5.41 Å². The first-order valence-electron chi connectivity index (χ1n) is 7.23. The van der Waals surface area contributed by atoms with E-state index in [1.54, 1.807) is 0 Å². The highest BCUT2D eigenvalue weighted by Gasteiger charge is 2.53. The third-order valence-corrected chi connectivity index (χ3v) is 6.00. The normalized spacial score (nSPS) is 49.2. The van der Waals surface area contributed by atoms with Gasteiger partial charge in [-0.1, -0.05) is 34.1 Å². The molecule has 0 spiro atoms. The second-order valence-corrected chi connectivity index (χ2v) is 7.57. The first kappa shape index (κ1) is 12.9. The molecule has 0 radical (unpaired) electrons. The van der Waals surface area contributed by atoms with Gasteiger partial charge in [-0.25, -0.2) is 0 Å². The van der Waals surface area contributed by atoms with Crippen LogP contribution in [-0.2, 0) is 0 Å². The topological polar surface area (TPSA) is 23.8 Å². The van der Waals surface area contributed by atoms with E-state index in [1.165, 1.54) is 19.3 Å². The van der Waals surface area contributed by atoms with Crippen molar-refractivity contribution in [3.8, 4) is 6.07 Å². The molecule has 0 aromatic rings. The standard InChI is InChI=1S/C16H27N/c1-11-9-16(5,10-17)12(2)14-13(11)7-6-8-15(14,3)4/h11-14H,6-9H2,1-5H3. The van der Waals surface area contributed by atoms with Crippen LogP contribution in [0.4, 0.5) is 0 Å². The van der Waals surface area contributed by atoms with E-state index >= 15 is 0 Å². The molecule has 0 aromatic heterocycles. The van der Waals surface area contributed by atoms with E-state index in [9.17, 15) is 5.26 Å². The van der Waals surface area contributed by atoms with Gasteiger partial charge in [0, 0.05) is 0 Å². The maximum absolute atomic E-state index is 9.55. The molecule has 96 valence electrons. The Bertz CT molecular complexity index is 338. The quantitative estimate of drug-likeness (QED) is 0.598. The molecule has 2 saturated carbocycles. The smallest absolute Gasteiger partial charge is 0.0689 e. The van der Waals surface area contributed by atoms with Crippen molar-refractivity contribution in [1.82, 2.24) is 0 Å². The van der Waals surface area contributed by atoms with Gasteiger partial charge < -0.3 is 0 Å². The van der Waals surface area contributed by atoms with E-state index in [2.05, 4.69) is 40.7 Å². The van der Waals surface area contributed by atoms with Gasteiger partial charge in [-0.3, -0.25) is 0 Å². The summed E-state index contributed by atoms with van der Waals surface area (Å²) in [5, 5.41) is 9.55. The highest BCUT2D eigenvalue weighted by atomic mass is 14.6. The van der Waals surface area contributed by atoms with E-state index in [0.717, 1.165) is 24.2 Å². The Kier molecular flexibility index (Phi) is 3.05. The Labute approximate surface area is 107 Å². The van der Waals surface area contributed by atoms with E-state index in [4.69, 9.17) is 0 Å². The summed E-state index contributed by atoms with van der Waals surface area (Å²) >= 11 is 0. The Morgan fingerprint density at radius 1 is 1.18 bits per heavy atom. The molecule has 0 amide bonds. The van der Waals surface area contributed by atoms with Crippen LogP contribution in [-0.4, -0.2) is 0 Å². The van der Waals surface area contributed by atoms with Crippen LogP contribution >= 0.6 is 0 Å². The Balaban J connectivity index is 2.37. The van der Waals surface area contributed by atoms with Crippen LogP contribution in [0.2, 0.25) is 0 Å². The van der Waals surface area contributed by atoms with Crippen LogP contribution in [0, 0.1) is 45.8 Å². The molecule has 1 nitrogen and oxygen atoms in total. The fourth-order valence-electron chi connectivity index (χ4n) is 4.96. The van der Waals surface area contributed by atoms with Crippen molar-refractivity contribution in [3.05, 3.63) is 0 Å². The van der Waals surface area contributed by atoms with Crippen LogP contribution in [0.1, 0.15) is 60.3 Å². The minimum atomic E-state index is -0.102. The molecule has 2 fully saturated rings. The second-order valence-electron chi connectivity index (χ2n) is 7.57. The van der Waals surface area contributed by atoms with Crippen molar-refractivity contribution in [2.75, 3.05) is 0 Å². The van der Waals surface area contributed by atoms with Gasteiger partial charge in [-0.15, -0.1) is 0 Å². The molecule has 0 N–H and O–H groups in total. The molecule has 17 heavy (non-hydrogen) atoms. The largest absolute Gasteiger partial charge is 0.198 e. The molecule has 5 unspecified atom stereocenters. The maximum Gasteiger partial charge on any atom is 0.0689 e. The van der Waals surface area contributed by atoms with Crippen molar-refractivity contribution >= 4 is 0 Å². The van der Waals surface area contributed by atoms with Crippen LogP contribution in [0.5, 0.6) is 0 Å². The predicted octanol–water partition coefficient (Wildman–Crippen LogP) is 4.63. The van der Waals surface area contributed by atoms with Crippen molar-refractivity contribution in [2.24, 2.45) is 34.5 Å². The molecule has 0 aliphatic heterocycles. The summed E-state index contributed by atoms with van der Waals surface area (Å²) in [6, 6.07) is 2.63. The zero-order valence-corrected chi connectivity index (χ0v) is 12.1. The van der Waals surface area contributed by atoms with Gasteiger partial charge in [0.2, 0.25) is 0 Å². The van der Waals surface area contributed by atoms with Crippen molar-refractivity contribution in [2.45, 2.75) is 60.3 Å². The molecule has 2 rings (SSSR count). The minimum absolute atomic E-state index is 0.102. The second kappa shape index (κ2) is 4.01. The lowest BCUT2D eigenvalue weighted by Crippen LogP contribution is -2.51. The molecule has 0 aromatic carbocycles. The first-order valence-corrected chi connectivity index (χ1v) is 7.23. The van der Waals surface area contributed by atoms with Gasteiger partial charge in [-0.2, -0.15) is 5.26 Å². The van der Waals surface area contributed by atoms with Gasteiger partial charge in [0.15, 0.2) is 0 Å². The minimum Gasteiger partial charge on any atom is -0.198 e. The third-order valence-electron chi connectivity index (χ3n) is 6.00. The molecule has 1 heteroatoms. The van der Waals surface area contributed by atoms with Gasteiger partial charge in [-0.05, 0) is 55.3 Å². The third kappa shape index (κ3) is 1.90. The summed E-state index contributed by atoms with van der Waals surface area (Å²) in [4.78, 5) is 0. The average Bonchev–Trinajstić information content (AvgIpc) is 2.25. The SMILES string of the molecule is CC1CC(C)(C#N)C(C)C2C1CCCC2(C)C. The number of nitriles is 1. The Morgan fingerprint density at radius 3 is 2.41 bits per heavy atom. The van der Waals surface area contributed by atoms with Crippen LogP contribution < -0.4 is 0 Å². The predicted molar refractivity (Wildman–Crippen MR) is 71.3 cm³/mol. The lowest BCUT2D eigenvalue weighted by atomic mass is 9.47.